The number of nitro benzene ring substituents is 1. The second-order valence-corrected chi connectivity index (χ2v) is 3.34. The fourth-order valence-electron chi connectivity index (χ4n) is 1.15. The first-order valence-corrected chi connectivity index (χ1v) is 4.96. The molecule has 0 fully saturated rings. The van der Waals surface area contributed by atoms with E-state index < -0.39 is 46.3 Å². The Bertz CT molecular complexity index is 626. The van der Waals surface area contributed by atoms with Gasteiger partial charge < -0.3 is 10.6 Å². The van der Waals surface area contributed by atoms with Crippen LogP contribution in [0.5, 0.6) is 0 Å². The van der Waals surface area contributed by atoms with Crippen molar-refractivity contribution in [3.63, 3.8) is 0 Å². The van der Waals surface area contributed by atoms with Crippen molar-refractivity contribution in [2.24, 2.45) is 0 Å². The molecule has 0 bridgehead atoms. The summed E-state index contributed by atoms with van der Waals surface area (Å²) in [6.07, 6.45) is 0. The topological polar surface area (TPSA) is 125 Å². The number of amides is 2. The first kappa shape index (κ1) is 15.0. The van der Waals surface area contributed by atoms with E-state index in [1.807, 2.05) is 5.32 Å². The van der Waals surface area contributed by atoms with E-state index >= 15 is 0 Å². The van der Waals surface area contributed by atoms with Crippen molar-refractivity contribution in [1.29, 1.82) is 5.26 Å². The van der Waals surface area contributed by atoms with Gasteiger partial charge in [0.2, 0.25) is 5.82 Å². The van der Waals surface area contributed by atoms with E-state index in [1.165, 1.54) is 6.07 Å². The second-order valence-electron chi connectivity index (χ2n) is 3.34. The van der Waals surface area contributed by atoms with Gasteiger partial charge in [-0.25, -0.2) is 4.39 Å². The fourth-order valence-corrected chi connectivity index (χ4v) is 1.15. The molecule has 8 nitrogen and oxygen atoms in total. The number of nitro groups is 1. The number of rotatable bonds is 3. The summed E-state index contributed by atoms with van der Waals surface area (Å²) in [5, 5.41) is 22.3. The molecule has 0 aliphatic heterocycles. The molecule has 1 aromatic carbocycles. The Hall–Kier alpha value is -3.09. The number of nitrogens with one attached hydrogen (secondary N) is 2. The molecule has 1 rings (SSSR count). The first-order valence-electron chi connectivity index (χ1n) is 4.96. The zero-order valence-electron chi connectivity index (χ0n) is 9.65. The Morgan fingerprint density at radius 3 is 2.50 bits per heavy atom. The van der Waals surface area contributed by atoms with Crippen LogP contribution < -0.4 is 10.6 Å². The summed E-state index contributed by atoms with van der Waals surface area (Å²) in [5.41, 5.74) is -1.78. The van der Waals surface area contributed by atoms with Gasteiger partial charge in [0.05, 0.1) is 16.7 Å². The molecule has 0 aromatic heterocycles. The Balaban J connectivity index is 2.95. The molecule has 0 unspecified atom stereocenters. The maximum Gasteiger partial charge on any atom is 0.313 e. The van der Waals surface area contributed by atoms with Crippen molar-refractivity contribution in [3.8, 4) is 6.07 Å². The lowest BCUT2D eigenvalue weighted by Crippen LogP contribution is -2.35. The van der Waals surface area contributed by atoms with Crippen molar-refractivity contribution < 1.29 is 23.3 Å². The molecule has 0 atom stereocenters. The quantitative estimate of drug-likeness (QED) is 0.361. The van der Waals surface area contributed by atoms with Crippen molar-refractivity contribution in [3.05, 3.63) is 33.9 Å². The van der Waals surface area contributed by atoms with Crippen LogP contribution in [0.4, 0.5) is 20.2 Å². The van der Waals surface area contributed by atoms with Gasteiger partial charge >= 0.3 is 17.5 Å². The highest BCUT2D eigenvalue weighted by Gasteiger charge is 2.21. The summed E-state index contributed by atoms with van der Waals surface area (Å²) in [4.78, 5) is 31.7. The molecule has 0 saturated carbocycles. The zero-order chi connectivity index (χ0) is 15.3. The van der Waals surface area contributed by atoms with Gasteiger partial charge in [0, 0.05) is 12.1 Å². The Kier molecular flexibility index (Phi) is 4.63. The van der Waals surface area contributed by atoms with E-state index in [4.69, 9.17) is 5.26 Å². The van der Waals surface area contributed by atoms with E-state index in [1.54, 1.807) is 5.32 Å². The van der Waals surface area contributed by atoms with E-state index in [0.717, 1.165) is 0 Å². The van der Waals surface area contributed by atoms with Crippen LogP contribution >= 0.6 is 0 Å². The maximum absolute atomic E-state index is 13.3. The number of hydrogen-bond acceptors (Lipinski definition) is 5. The molecule has 10 heteroatoms. The summed E-state index contributed by atoms with van der Waals surface area (Å²) in [6.45, 7) is -0.446. The normalized spacial score (nSPS) is 9.45. The minimum absolute atomic E-state index is 0.209. The van der Waals surface area contributed by atoms with Crippen molar-refractivity contribution in [1.82, 2.24) is 5.32 Å². The van der Waals surface area contributed by atoms with Gasteiger partial charge in [-0.05, 0) is 0 Å². The number of halogens is 2. The van der Waals surface area contributed by atoms with E-state index in [-0.39, 0.29) is 6.07 Å². The van der Waals surface area contributed by atoms with Crippen molar-refractivity contribution >= 4 is 23.2 Å². The number of carbonyl (C=O) groups is 2. The fraction of sp³-hybridized carbons (Fsp3) is 0.100. The number of carbonyl (C=O) groups excluding carboxylic acids is 2. The molecule has 0 heterocycles. The lowest BCUT2D eigenvalue weighted by Gasteiger charge is -2.06. The third-order valence-corrected chi connectivity index (χ3v) is 2.02. The molecule has 104 valence electrons. The van der Waals surface area contributed by atoms with Crippen LogP contribution in [0.1, 0.15) is 0 Å². The molecule has 0 radical (unpaired) electrons. The highest BCUT2D eigenvalue weighted by atomic mass is 19.1. The predicted molar refractivity (Wildman–Crippen MR) is 60.3 cm³/mol. The summed E-state index contributed by atoms with van der Waals surface area (Å²) in [5.74, 6) is -5.29. The SMILES string of the molecule is N#CCNC(=O)C(=O)Nc1cc([N+](=O)[O-])c(F)cc1F. The number of benzene rings is 1. The highest BCUT2D eigenvalue weighted by Crippen LogP contribution is 2.24. The van der Waals surface area contributed by atoms with E-state index in [0.29, 0.717) is 6.07 Å². The number of nitriles is 1. The molecule has 0 aliphatic carbocycles. The van der Waals surface area contributed by atoms with E-state index in [2.05, 4.69) is 0 Å². The average molecular weight is 284 g/mol. The van der Waals surface area contributed by atoms with E-state index in [9.17, 15) is 28.5 Å². The van der Waals surface area contributed by atoms with Gasteiger partial charge in [0.15, 0.2) is 0 Å². The summed E-state index contributed by atoms with van der Waals surface area (Å²) in [6, 6.07) is 2.19. The van der Waals surface area contributed by atoms with Gasteiger partial charge in [-0.3, -0.25) is 19.7 Å². The summed E-state index contributed by atoms with van der Waals surface area (Å²) < 4.78 is 26.3. The summed E-state index contributed by atoms with van der Waals surface area (Å²) >= 11 is 0. The number of hydrogen-bond donors (Lipinski definition) is 2. The Morgan fingerprint density at radius 2 is 1.95 bits per heavy atom. The summed E-state index contributed by atoms with van der Waals surface area (Å²) in [7, 11) is 0. The van der Waals surface area contributed by atoms with Crippen LogP contribution in [0.25, 0.3) is 0 Å². The maximum atomic E-state index is 13.3. The van der Waals surface area contributed by atoms with Gasteiger partial charge in [-0.2, -0.15) is 9.65 Å². The molecule has 2 amide bonds. The molecule has 0 aliphatic rings. The molecular formula is C10H6F2N4O4. The van der Waals surface area contributed by atoms with Gasteiger partial charge in [0.1, 0.15) is 12.4 Å². The molecule has 20 heavy (non-hydrogen) atoms. The number of anilines is 1. The van der Waals surface area contributed by atoms with Crippen LogP contribution in [0, 0.1) is 33.1 Å². The predicted octanol–water partition coefficient (Wildman–Crippen LogP) is 0.451. The first-order chi connectivity index (χ1) is 9.36. The monoisotopic (exact) mass is 284 g/mol. The second kappa shape index (κ2) is 6.19. The van der Waals surface area contributed by atoms with Crippen LogP contribution in [0.2, 0.25) is 0 Å². The molecule has 2 N–H and O–H groups in total. The average Bonchev–Trinajstić information content (AvgIpc) is 2.38. The van der Waals surface area contributed by atoms with Crippen LogP contribution in [0.15, 0.2) is 12.1 Å². The van der Waals surface area contributed by atoms with Crippen LogP contribution in [-0.4, -0.2) is 23.3 Å². The minimum atomic E-state index is -1.42. The van der Waals surface area contributed by atoms with Gasteiger partial charge in [0.25, 0.3) is 0 Å². The van der Waals surface area contributed by atoms with Crippen molar-refractivity contribution in [2.75, 3.05) is 11.9 Å². The zero-order valence-corrected chi connectivity index (χ0v) is 9.65. The lowest BCUT2D eigenvalue weighted by molar-refractivity contribution is -0.387. The third-order valence-electron chi connectivity index (χ3n) is 2.02. The van der Waals surface area contributed by atoms with Crippen LogP contribution in [0.3, 0.4) is 0 Å². The van der Waals surface area contributed by atoms with Gasteiger partial charge in [-0.1, -0.05) is 0 Å². The Labute approximate surface area is 110 Å². The molecular weight excluding hydrogens is 278 g/mol. The smallest absolute Gasteiger partial charge is 0.313 e. The van der Waals surface area contributed by atoms with Gasteiger partial charge in [-0.15, -0.1) is 0 Å². The molecule has 0 spiro atoms. The highest BCUT2D eigenvalue weighted by molar-refractivity contribution is 6.39. The largest absolute Gasteiger partial charge is 0.335 e. The molecule has 1 aromatic rings. The Morgan fingerprint density at radius 1 is 1.30 bits per heavy atom. The third kappa shape index (κ3) is 3.45. The number of nitrogens with zero attached hydrogens (tertiary/aromatic N) is 2. The standard InChI is InChI=1S/C10H6F2N4O4/c11-5-3-6(12)8(16(19)20)4-7(5)15-10(18)9(17)14-2-1-13/h3-4H,2H2,(H,14,17)(H,15,18). The van der Waals surface area contributed by atoms with Crippen LogP contribution in [-0.2, 0) is 9.59 Å². The minimum Gasteiger partial charge on any atom is -0.335 e. The molecule has 0 saturated heterocycles. The lowest BCUT2D eigenvalue weighted by atomic mass is 10.2. The van der Waals surface area contributed by atoms with Crippen molar-refractivity contribution in [2.45, 2.75) is 0 Å².